The Hall–Kier alpha value is -1.71. The number of hydrogen-bond acceptors (Lipinski definition) is 4. The van der Waals surface area contributed by atoms with E-state index in [0.29, 0.717) is 17.9 Å². The van der Waals surface area contributed by atoms with E-state index in [1.807, 2.05) is 19.1 Å². The number of hydrogen-bond donors (Lipinski definition) is 1. The Balaban J connectivity index is 3.06. The predicted octanol–water partition coefficient (Wildman–Crippen LogP) is 3.85. The molecule has 2 N–H and O–H groups in total. The summed E-state index contributed by atoms with van der Waals surface area (Å²) >= 11 is 0. The summed E-state index contributed by atoms with van der Waals surface area (Å²) in [5.74, 6) is -0.294. The van der Waals surface area contributed by atoms with E-state index in [2.05, 4.69) is 18.7 Å². The van der Waals surface area contributed by atoms with Crippen LogP contribution in [0.4, 0.5) is 11.4 Å². The van der Waals surface area contributed by atoms with Crippen LogP contribution in [0.3, 0.4) is 0 Å². The third kappa shape index (κ3) is 5.29. The quantitative estimate of drug-likeness (QED) is 0.555. The maximum Gasteiger partial charge on any atom is 0.340 e. The molecule has 0 aliphatic carbocycles. The molecule has 0 fully saturated rings. The molecule has 0 amide bonds. The number of esters is 1. The van der Waals surface area contributed by atoms with Crippen LogP contribution in [-0.2, 0) is 4.74 Å². The zero-order valence-electron chi connectivity index (χ0n) is 13.5. The number of nitrogens with two attached hydrogens (primary N) is 1. The van der Waals surface area contributed by atoms with Gasteiger partial charge in [0.15, 0.2) is 0 Å². The number of ether oxygens (including phenoxy) is 1. The van der Waals surface area contributed by atoms with Crippen molar-refractivity contribution in [3.05, 3.63) is 23.8 Å². The molecule has 1 aromatic rings. The minimum Gasteiger partial charge on any atom is -0.462 e. The standard InChI is InChI=1S/C17H28N2O2/c1-4-7-11-19(12-8-5-2)16-10-9-14(18)13-15(16)17(20)21-6-3/h9-10,13H,4-8,11-12,18H2,1-3H3. The fourth-order valence-corrected chi connectivity index (χ4v) is 2.25. The first-order valence-corrected chi connectivity index (χ1v) is 7.95. The minimum absolute atomic E-state index is 0.294. The summed E-state index contributed by atoms with van der Waals surface area (Å²) in [5.41, 5.74) is 7.93. The summed E-state index contributed by atoms with van der Waals surface area (Å²) in [6.45, 7) is 8.44. The molecule has 1 rings (SSSR count). The summed E-state index contributed by atoms with van der Waals surface area (Å²) in [6, 6.07) is 5.51. The van der Waals surface area contributed by atoms with E-state index in [0.717, 1.165) is 44.5 Å². The maximum atomic E-state index is 12.2. The monoisotopic (exact) mass is 292 g/mol. The molecule has 0 saturated carbocycles. The number of unbranched alkanes of at least 4 members (excludes halogenated alkanes) is 2. The van der Waals surface area contributed by atoms with Crippen LogP contribution in [0.15, 0.2) is 18.2 Å². The SMILES string of the molecule is CCCCN(CCCC)c1ccc(N)cc1C(=O)OCC. The van der Waals surface area contributed by atoms with Gasteiger partial charge < -0.3 is 15.4 Å². The van der Waals surface area contributed by atoms with Crippen LogP contribution in [0.25, 0.3) is 0 Å². The Bertz CT molecular complexity index is 438. The van der Waals surface area contributed by atoms with Gasteiger partial charge in [-0.05, 0) is 38.0 Å². The van der Waals surface area contributed by atoms with E-state index in [1.54, 1.807) is 6.07 Å². The highest BCUT2D eigenvalue weighted by Crippen LogP contribution is 2.25. The Kier molecular flexibility index (Phi) is 7.65. The Morgan fingerprint density at radius 1 is 1.14 bits per heavy atom. The topological polar surface area (TPSA) is 55.6 Å². The van der Waals surface area contributed by atoms with Crippen molar-refractivity contribution in [2.75, 3.05) is 30.3 Å². The third-order valence-corrected chi connectivity index (χ3v) is 3.42. The van der Waals surface area contributed by atoms with Crippen molar-refractivity contribution in [2.24, 2.45) is 0 Å². The highest BCUT2D eigenvalue weighted by atomic mass is 16.5. The maximum absolute atomic E-state index is 12.2. The molecule has 118 valence electrons. The number of nitrogen functional groups attached to an aromatic ring is 1. The molecule has 0 radical (unpaired) electrons. The van der Waals surface area contributed by atoms with E-state index in [-0.39, 0.29) is 5.97 Å². The van der Waals surface area contributed by atoms with Crippen LogP contribution in [-0.4, -0.2) is 25.7 Å². The van der Waals surface area contributed by atoms with Gasteiger partial charge in [-0.25, -0.2) is 4.79 Å². The first-order valence-electron chi connectivity index (χ1n) is 7.95. The van der Waals surface area contributed by atoms with Gasteiger partial charge in [0.05, 0.1) is 17.9 Å². The molecule has 4 heteroatoms. The molecular formula is C17H28N2O2. The number of benzene rings is 1. The lowest BCUT2D eigenvalue weighted by atomic mass is 10.1. The average Bonchev–Trinajstić information content (AvgIpc) is 2.48. The van der Waals surface area contributed by atoms with Gasteiger partial charge in [0.2, 0.25) is 0 Å². The van der Waals surface area contributed by atoms with Crippen LogP contribution in [0.5, 0.6) is 0 Å². The second kappa shape index (κ2) is 9.27. The normalized spacial score (nSPS) is 10.4. The van der Waals surface area contributed by atoms with E-state index < -0.39 is 0 Å². The third-order valence-electron chi connectivity index (χ3n) is 3.42. The summed E-state index contributed by atoms with van der Waals surface area (Å²) in [4.78, 5) is 14.4. The van der Waals surface area contributed by atoms with E-state index in [9.17, 15) is 4.79 Å². The van der Waals surface area contributed by atoms with Gasteiger partial charge in [-0.2, -0.15) is 0 Å². The molecule has 0 unspecified atom stereocenters. The number of carbonyl (C=O) groups is 1. The second-order valence-electron chi connectivity index (χ2n) is 5.19. The van der Waals surface area contributed by atoms with E-state index in [1.165, 1.54) is 0 Å². The minimum atomic E-state index is -0.294. The highest BCUT2D eigenvalue weighted by Gasteiger charge is 2.17. The van der Waals surface area contributed by atoms with Gasteiger partial charge in [-0.1, -0.05) is 26.7 Å². The van der Waals surface area contributed by atoms with Crippen molar-refractivity contribution in [3.8, 4) is 0 Å². The summed E-state index contributed by atoms with van der Waals surface area (Å²) < 4.78 is 5.16. The number of carbonyl (C=O) groups excluding carboxylic acids is 1. The van der Waals surface area contributed by atoms with Crippen LogP contribution in [0.1, 0.15) is 56.8 Å². The second-order valence-corrected chi connectivity index (χ2v) is 5.19. The van der Waals surface area contributed by atoms with Gasteiger partial charge in [0.1, 0.15) is 0 Å². The lowest BCUT2D eigenvalue weighted by Crippen LogP contribution is -2.27. The van der Waals surface area contributed by atoms with Gasteiger partial charge in [-0.15, -0.1) is 0 Å². The zero-order valence-corrected chi connectivity index (χ0v) is 13.5. The number of nitrogens with zero attached hydrogens (tertiary/aromatic N) is 1. The molecule has 0 aliphatic rings. The van der Waals surface area contributed by atoms with Crippen LogP contribution < -0.4 is 10.6 Å². The Labute approximate surface area is 128 Å². The van der Waals surface area contributed by atoms with E-state index >= 15 is 0 Å². The largest absolute Gasteiger partial charge is 0.462 e. The van der Waals surface area contributed by atoms with Gasteiger partial charge in [0, 0.05) is 18.8 Å². The van der Waals surface area contributed by atoms with Crippen molar-refractivity contribution in [1.82, 2.24) is 0 Å². The summed E-state index contributed by atoms with van der Waals surface area (Å²) in [5, 5.41) is 0. The summed E-state index contributed by atoms with van der Waals surface area (Å²) in [7, 11) is 0. The highest BCUT2D eigenvalue weighted by molar-refractivity contribution is 5.97. The van der Waals surface area contributed by atoms with Crippen LogP contribution >= 0.6 is 0 Å². The smallest absolute Gasteiger partial charge is 0.340 e. The fraction of sp³-hybridized carbons (Fsp3) is 0.588. The molecule has 1 aromatic carbocycles. The first-order chi connectivity index (χ1) is 10.1. The molecule has 4 nitrogen and oxygen atoms in total. The summed E-state index contributed by atoms with van der Waals surface area (Å²) in [6.07, 6.45) is 4.48. The molecule has 0 heterocycles. The average molecular weight is 292 g/mol. The van der Waals surface area contributed by atoms with Crippen molar-refractivity contribution in [2.45, 2.75) is 46.5 Å². The first kappa shape index (κ1) is 17.3. The lowest BCUT2D eigenvalue weighted by molar-refractivity contribution is 0.0527. The van der Waals surface area contributed by atoms with Crippen molar-refractivity contribution in [3.63, 3.8) is 0 Å². The lowest BCUT2D eigenvalue weighted by Gasteiger charge is -2.26. The Morgan fingerprint density at radius 2 is 1.76 bits per heavy atom. The Morgan fingerprint density at radius 3 is 2.29 bits per heavy atom. The molecule has 0 bridgehead atoms. The molecule has 0 atom stereocenters. The zero-order chi connectivity index (χ0) is 15.7. The van der Waals surface area contributed by atoms with Crippen LogP contribution in [0, 0.1) is 0 Å². The predicted molar refractivity (Wildman–Crippen MR) is 88.8 cm³/mol. The molecular weight excluding hydrogens is 264 g/mol. The van der Waals surface area contributed by atoms with Crippen molar-refractivity contribution < 1.29 is 9.53 Å². The van der Waals surface area contributed by atoms with Crippen molar-refractivity contribution in [1.29, 1.82) is 0 Å². The van der Waals surface area contributed by atoms with Crippen LogP contribution in [0.2, 0.25) is 0 Å². The van der Waals surface area contributed by atoms with Gasteiger partial charge >= 0.3 is 5.97 Å². The molecule has 0 saturated heterocycles. The molecule has 0 spiro atoms. The number of rotatable bonds is 9. The van der Waals surface area contributed by atoms with Gasteiger partial charge in [-0.3, -0.25) is 0 Å². The van der Waals surface area contributed by atoms with Crippen molar-refractivity contribution >= 4 is 17.3 Å². The fourth-order valence-electron chi connectivity index (χ4n) is 2.25. The molecule has 0 aliphatic heterocycles. The van der Waals surface area contributed by atoms with E-state index in [4.69, 9.17) is 10.5 Å². The van der Waals surface area contributed by atoms with Gasteiger partial charge in [0.25, 0.3) is 0 Å². The molecule has 21 heavy (non-hydrogen) atoms. The molecule has 0 aromatic heterocycles. The number of anilines is 2.